The molecule has 1 fully saturated rings. The maximum atomic E-state index is 12.6. The van der Waals surface area contributed by atoms with Crippen LogP contribution < -0.4 is 10.1 Å². The van der Waals surface area contributed by atoms with Gasteiger partial charge in [0.1, 0.15) is 10.8 Å². The molecule has 3 aromatic rings. The Balaban J connectivity index is 1.40. The smallest absolute Gasteiger partial charge is 0.260 e. The Morgan fingerprint density at radius 2 is 1.91 bits per heavy atom. The second-order valence-electron chi connectivity index (χ2n) is 7.74. The second-order valence-corrected chi connectivity index (χ2v) is 8.80. The fourth-order valence-corrected chi connectivity index (χ4v) is 4.70. The van der Waals surface area contributed by atoms with Crippen molar-refractivity contribution in [3.05, 3.63) is 65.2 Å². The number of carbonyl (C=O) groups excluding carboxylic acids is 2. The number of aromatic nitrogens is 1. The highest BCUT2D eigenvalue weighted by molar-refractivity contribution is 7.19. The van der Waals surface area contributed by atoms with Crippen LogP contribution in [0.1, 0.15) is 42.8 Å². The average molecular weight is 450 g/mol. The molecule has 6 nitrogen and oxygen atoms in total. The topological polar surface area (TPSA) is 71.5 Å². The number of likely N-dealkylation sites (tertiary alicyclic amines) is 1. The van der Waals surface area contributed by atoms with Gasteiger partial charge in [-0.25, -0.2) is 4.98 Å². The number of nitrogens with one attached hydrogen (secondary N) is 1. The predicted molar refractivity (Wildman–Crippen MR) is 128 cm³/mol. The number of benzene rings is 2. The van der Waals surface area contributed by atoms with Gasteiger partial charge in [-0.2, -0.15) is 0 Å². The molecule has 7 heteroatoms. The SMILES string of the molecule is CCC(NC(=O)C=Cc1nc2ccccc2s1)c1ccccc1OCC(=O)N1CCCC1. The molecule has 0 radical (unpaired) electrons. The van der Waals surface area contributed by atoms with Crippen molar-refractivity contribution in [1.82, 2.24) is 15.2 Å². The number of nitrogens with zero attached hydrogens (tertiary/aromatic N) is 2. The Bertz CT molecular complexity index is 1090. The van der Waals surface area contributed by atoms with Gasteiger partial charge in [0, 0.05) is 24.7 Å². The molecule has 166 valence electrons. The quantitative estimate of drug-likeness (QED) is 0.511. The third kappa shape index (κ3) is 5.34. The number of thiazole rings is 1. The molecule has 2 aromatic carbocycles. The second kappa shape index (κ2) is 10.4. The van der Waals surface area contributed by atoms with Gasteiger partial charge in [0.05, 0.1) is 16.3 Å². The highest BCUT2D eigenvalue weighted by Gasteiger charge is 2.20. The lowest BCUT2D eigenvalue weighted by Gasteiger charge is -2.21. The van der Waals surface area contributed by atoms with E-state index in [4.69, 9.17) is 4.74 Å². The first-order valence-electron chi connectivity index (χ1n) is 11.0. The molecule has 0 saturated carbocycles. The van der Waals surface area contributed by atoms with E-state index in [0.717, 1.165) is 46.7 Å². The third-order valence-electron chi connectivity index (χ3n) is 5.52. The van der Waals surface area contributed by atoms with Crippen LogP contribution in [0.3, 0.4) is 0 Å². The van der Waals surface area contributed by atoms with E-state index in [-0.39, 0.29) is 24.5 Å². The van der Waals surface area contributed by atoms with Crippen LogP contribution in [-0.4, -0.2) is 41.4 Å². The van der Waals surface area contributed by atoms with Crippen LogP contribution in [0.25, 0.3) is 16.3 Å². The van der Waals surface area contributed by atoms with E-state index >= 15 is 0 Å². The van der Waals surface area contributed by atoms with Crippen molar-refractivity contribution in [3.63, 3.8) is 0 Å². The van der Waals surface area contributed by atoms with Gasteiger partial charge in [0.15, 0.2) is 6.61 Å². The number of hydrogen-bond donors (Lipinski definition) is 1. The molecule has 1 aliphatic rings. The molecule has 1 atom stereocenters. The van der Waals surface area contributed by atoms with Crippen LogP contribution in [0.5, 0.6) is 5.75 Å². The molecule has 1 N–H and O–H groups in total. The minimum atomic E-state index is -0.222. The number of ether oxygens (including phenoxy) is 1. The fraction of sp³-hybridized carbons (Fsp3) is 0.320. The molecule has 0 bridgehead atoms. The summed E-state index contributed by atoms with van der Waals surface area (Å²) in [5, 5.41) is 3.84. The Labute approximate surface area is 191 Å². The van der Waals surface area contributed by atoms with Crippen molar-refractivity contribution in [3.8, 4) is 5.75 Å². The highest BCUT2D eigenvalue weighted by Crippen LogP contribution is 2.28. The summed E-state index contributed by atoms with van der Waals surface area (Å²) in [4.78, 5) is 31.3. The molecule has 0 spiro atoms. The monoisotopic (exact) mass is 449 g/mol. The molecular weight excluding hydrogens is 422 g/mol. The molecule has 4 rings (SSSR count). The van der Waals surface area contributed by atoms with Crippen molar-refractivity contribution in [2.45, 2.75) is 32.2 Å². The largest absolute Gasteiger partial charge is 0.483 e. The van der Waals surface area contributed by atoms with Crippen molar-refractivity contribution in [2.75, 3.05) is 19.7 Å². The van der Waals surface area contributed by atoms with Crippen LogP contribution in [0.15, 0.2) is 54.6 Å². The molecule has 1 aliphatic heterocycles. The van der Waals surface area contributed by atoms with Crippen molar-refractivity contribution < 1.29 is 14.3 Å². The van der Waals surface area contributed by atoms with Gasteiger partial charge < -0.3 is 15.0 Å². The number of hydrogen-bond acceptors (Lipinski definition) is 5. The molecule has 1 saturated heterocycles. The van der Waals surface area contributed by atoms with Gasteiger partial charge in [-0.1, -0.05) is 37.3 Å². The van der Waals surface area contributed by atoms with E-state index < -0.39 is 0 Å². The molecule has 2 amide bonds. The van der Waals surface area contributed by atoms with Crippen LogP contribution in [-0.2, 0) is 9.59 Å². The van der Waals surface area contributed by atoms with E-state index in [9.17, 15) is 9.59 Å². The van der Waals surface area contributed by atoms with Crippen molar-refractivity contribution >= 4 is 39.4 Å². The molecular formula is C25H27N3O3S. The van der Waals surface area contributed by atoms with Crippen molar-refractivity contribution in [1.29, 1.82) is 0 Å². The predicted octanol–water partition coefficient (Wildman–Crippen LogP) is 4.58. The zero-order chi connectivity index (χ0) is 22.3. The normalized spacial score (nSPS) is 14.7. The Kier molecular flexibility index (Phi) is 7.17. The van der Waals surface area contributed by atoms with Crippen LogP contribution in [0, 0.1) is 0 Å². The molecule has 0 aliphatic carbocycles. The number of para-hydroxylation sites is 2. The fourth-order valence-electron chi connectivity index (χ4n) is 3.83. The maximum absolute atomic E-state index is 12.6. The van der Waals surface area contributed by atoms with Gasteiger partial charge in [-0.15, -0.1) is 11.3 Å². The molecule has 2 heterocycles. The Morgan fingerprint density at radius 3 is 2.69 bits per heavy atom. The number of amides is 2. The molecule has 1 aromatic heterocycles. The Morgan fingerprint density at radius 1 is 1.16 bits per heavy atom. The van der Waals surface area contributed by atoms with E-state index in [1.807, 2.05) is 60.4 Å². The summed E-state index contributed by atoms with van der Waals surface area (Å²) >= 11 is 1.55. The van der Waals surface area contributed by atoms with Crippen LogP contribution in [0.4, 0.5) is 0 Å². The first kappa shape index (κ1) is 22.0. The number of carbonyl (C=O) groups is 2. The maximum Gasteiger partial charge on any atom is 0.260 e. The lowest BCUT2D eigenvalue weighted by atomic mass is 10.0. The Hall–Kier alpha value is -3.19. The summed E-state index contributed by atoms with van der Waals surface area (Å²) in [6, 6.07) is 15.2. The summed E-state index contributed by atoms with van der Waals surface area (Å²) in [5.74, 6) is 0.439. The summed E-state index contributed by atoms with van der Waals surface area (Å²) in [7, 11) is 0. The first-order chi connectivity index (χ1) is 15.6. The standard InChI is InChI=1S/C25H27N3O3S/c1-2-19(26-23(29)13-14-24-27-20-10-4-6-12-22(20)32-24)18-9-3-5-11-21(18)31-17-25(30)28-15-7-8-16-28/h3-6,9-14,19H,2,7-8,15-17H2,1H3,(H,26,29). The first-order valence-corrected chi connectivity index (χ1v) is 11.8. The summed E-state index contributed by atoms with van der Waals surface area (Å²) in [6.45, 7) is 3.63. The van der Waals surface area contributed by atoms with E-state index in [0.29, 0.717) is 12.2 Å². The van der Waals surface area contributed by atoms with Crippen LogP contribution >= 0.6 is 11.3 Å². The molecule has 1 unspecified atom stereocenters. The van der Waals surface area contributed by atoms with Crippen molar-refractivity contribution in [2.24, 2.45) is 0 Å². The van der Waals surface area contributed by atoms with Gasteiger partial charge in [-0.05, 0) is 43.5 Å². The molecule has 32 heavy (non-hydrogen) atoms. The van der Waals surface area contributed by atoms with E-state index in [1.165, 1.54) is 6.08 Å². The summed E-state index contributed by atoms with van der Waals surface area (Å²) in [6.07, 6.45) is 6.05. The third-order valence-corrected chi connectivity index (χ3v) is 6.52. The minimum absolute atomic E-state index is 0.00755. The summed E-state index contributed by atoms with van der Waals surface area (Å²) in [5.41, 5.74) is 1.80. The highest BCUT2D eigenvalue weighted by atomic mass is 32.1. The van der Waals surface area contributed by atoms with Gasteiger partial charge in [-0.3, -0.25) is 9.59 Å². The van der Waals surface area contributed by atoms with E-state index in [2.05, 4.69) is 10.3 Å². The summed E-state index contributed by atoms with van der Waals surface area (Å²) < 4.78 is 6.96. The van der Waals surface area contributed by atoms with Gasteiger partial charge in [0.2, 0.25) is 5.91 Å². The zero-order valence-electron chi connectivity index (χ0n) is 18.1. The van der Waals surface area contributed by atoms with Crippen LogP contribution in [0.2, 0.25) is 0 Å². The average Bonchev–Trinajstić information content (AvgIpc) is 3.50. The number of fused-ring (bicyclic) bond motifs is 1. The lowest BCUT2D eigenvalue weighted by molar-refractivity contribution is -0.132. The number of rotatable bonds is 8. The van der Waals surface area contributed by atoms with Gasteiger partial charge >= 0.3 is 0 Å². The minimum Gasteiger partial charge on any atom is -0.483 e. The lowest BCUT2D eigenvalue weighted by Crippen LogP contribution is -2.32. The van der Waals surface area contributed by atoms with E-state index in [1.54, 1.807) is 17.4 Å². The van der Waals surface area contributed by atoms with Gasteiger partial charge in [0.25, 0.3) is 5.91 Å². The zero-order valence-corrected chi connectivity index (χ0v) is 18.9.